The Balaban J connectivity index is 2.64. The lowest BCUT2D eigenvalue weighted by atomic mass is 10.1. The van der Waals surface area contributed by atoms with Crippen molar-refractivity contribution in [1.29, 1.82) is 0 Å². The maximum atomic E-state index is 5.53. The summed E-state index contributed by atoms with van der Waals surface area (Å²) in [5.41, 5.74) is 5.53. The van der Waals surface area contributed by atoms with E-state index >= 15 is 0 Å². The van der Waals surface area contributed by atoms with Gasteiger partial charge in [0, 0.05) is 11.3 Å². The van der Waals surface area contributed by atoms with Crippen molar-refractivity contribution in [2.45, 2.75) is 20.3 Å². The van der Waals surface area contributed by atoms with Crippen LogP contribution in [0.2, 0.25) is 0 Å². The van der Waals surface area contributed by atoms with Crippen LogP contribution in [0.4, 0.5) is 0 Å². The Kier molecular flexibility index (Phi) is 3.68. The molecule has 0 radical (unpaired) electrons. The Hall–Kier alpha value is 0.0700. The van der Waals surface area contributed by atoms with Crippen molar-refractivity contribution in [1.82, 2.24) is 4.98 Å². The Labute approximate surface area is 85.3 Å². The van der Waals surface area contributed by atoms with Crippen molar-refractivity contribution in [2.75, 3.05) is 6.54 Å². The number of thiazole rings is 1. The SMILES string of the molecule is Cc1sc(CC(C)CN)nc1Br. The van der Waals surface area contributed by atoms with Crippen LogP contribution in [0.1, 0.15) is 16.8 Å². The summed E-state index contributed by atoms with van der Waals surface area (Å²) in [7, 11) is 0. The molecule has 0 aliphatic rings. The first-order valence-corrected chi connectivity index (χ1v) is 5.56. The fraction of sp³-hybridized carbons (Fsp3) is 0.625. The van der Waals surface area contributed by atoms with Gasteiger partial charge >= 0.3 is 0 Å². The summed E-state index contributed by atoms with van der Waals surface area (Å²) in [5, 5.41) is 1.18. The van der Waals surface area contributed by atoms with Gasteiger partial charge in [0.1, 0.15) is 4.60 Å². The first-order chi connectivity index (χ1) is 5.63. The Morgan fingerprint density at radius 2 is 2.33 bits per heavy atom. The minimum Gasteiger partial charge on any atom is -0.330 e. The zero-order valence-corrected chi connectivity index (χ0v) is 9.70. The van der Waals surface area contributed by atoms with Crippen molar-refractivity contribution in [3.8, 4) is 0 Å². The van der Waals surface area contributed by atoms with Gasteiger partial charge in [-0.25, -0.2) is 4.98 Å². The fourth-order valence-corrected chi connectivity index (χ4v) is 2.46. The molecular formula is C8H13BrN2S. The highest BCUT2D eigenvalue weighted by molar-refractivity contribution is 9.10. The number of hydrogen-bond acceptors (Lipinski definition) is 3. The summed E-state index contributed by atoms with van der Waals surface area (Å²) in [4.78, 5) is 5.62. The van der Waals surface area contributed by atoms with Gasteiger partial charge in [0.2, 0.25) is 0 Å². The monoisotopic (exact) mass is 248 g/mol. The largest absolute Gasteiger partial charge is 0.330 e. The van der Waals surface area contributed by atoms with Crippen LogP contribution in [0.15, 0.2) is 4.60 Å². The molecule has 0 fully saturated rings. The minimum absolute atomic E-state index is 0.530. The van der Waals surface area contributed by atoms with E-state index in [1.165, 1.54) is 9.88 Å². The van der Waals surface area contributed by atoms with E-state index in [2.05, 4.69) is 34.8 Å². The molecule has 0 aliphatic heterocycles. The topological polar surface area (TPSA) is 38.9 Å². The van der Waals surface area contributed by atoms with Crippen LogP contribution in [-0.4, -0.2) is 11.5 Å². The normalized spacial score (nSPS) is 13.3. The molecule has 1 atom stereocenters. The molecule has 12 heavy (non-hydrogen) atoms. The minimum atomic E-state index is 0.530. The third-order valence-corrected chi connectivity index (χ3v) is 3.74. The summed E-state index contributed by atoms with van der Waals surface area (Å²) >= 11 is 5.14. The Morgan fingerprint density at radius 1 is 1.67 bits per heavy atom. The molecule has 4 heteroatoms. The number of halogens is 1. The van der Waals surface area contributed by atoms with Gasteiger partial charge in [-0.2, -0.15) is 0 Å². The Bertz CT molecular complexity index is 240. The van der Waals surface area contributed by atoms with E-state index in [0.29, 0.717) is 5.92 Å². The molecule has 1 rings (SSSR count). The molecule has 1 heterocycles. The van der Waals surface area contributed by atoms with Gasteiger partial charge in [-0.1, -0.05) is 6.92 Å². The quantitative estimate of drug-likeness (QED) is 0.893. The van der Waals surface area contributed by atoms with E-state index in [1.54, 1.807) is 11.3 Å². The predicted molar refractivity (Wildman–Crippen MR) is 56.5 cm³/mol. The smallest absolute Gasteiger partial charge is 0.120 e. The van der Waals surface area contributed by atoms with Crippen molar-refractivity contribution in [3.05, 3.63) is 14.5 Å². The van der Waals surface area contributed by atoms with Crippen LogP contribution in [0, 0.1) is 12.8 Å². The second-order valence-corrected chi connectivity index (χ2v) is 5.04. The average Bonchev–Trinajstić information content (AvgIpc) is 2.31. The summed E-state index contributed by atoms with van der Waals surface area (Å²) in [6.07, 6.45) is 0.994. The molecule has 0 aliphatic carbocycles. The molecule has 0 bridgehead atoms. The molecule has 68 valence electrons. The van der Waals surface area contributed by atoms with Crippen LogP contribution in [0.5, 0.6) is 0 Å². The van der Waals surface area contributed by atoms with E-state index in [4.69, 9.17) is 5.73 Å². The average molecular weight is 249 g/mol. The molecular weight excluding hydrogens is 236 g/mol. The summed E-state index contributed by atoms with van der Waals surface area (Å²) < 4.78 is 0.978. The molecule has 1 unspecified atom stereocenters. The zero-order chi connectivity index (χ0) is 9.14. The number of aryl methyl sites for hydroxylation is 1. The fourth-order valence-electron chi connectivity index (χ4n) is 0.899. The number of hydrogen-bond donors (Lipinski definition) is 1. The lowest BCUT2D eigenvalue weighted by Gasteiger charge is -2.03. The molecule has 1 aromatic rings. The van der Waals surface area contributed by atoms with E-state index < -0.39 is 0 Å². The standard InChI is InChI=1S/C8H13BrN2S/c1-5(4-10)3-7-11-8(9)6(2)12-7/h5H,3-4,10H2,1-2H3. The molecule has 0 saturated carbocycles. The summed E-state index contributed by atoms with van der Waals surface area (Å²) in [5.74, 6) is 0.530. The molecule has 0 spiro atoms. The molecule has 2 N–H and O–H groups in total. The summed E-state index contributed by atoms with van der Waals surface area (Å²) in [6.45, 7) is 4.94. The van der Waals surface area contributed by atoms with Crippen molar-refractivity contribution < 1.29 is 0 Å². The van der Waals surface area contributed by atoms with Gasteiger partial charge in [0.15, 0.2) is 0 Å². The third kappa shape index (κ3) is 2.54. The second-order valence-electron chi connectivity index (χ2n) is 3.00. The van der Waals surface area contributed by atoms with Crippen molar-refractivity contribution in [2.24, 2.45) is 11.7 Å². The molecule has 1 aromatic heterocycles. The molecule has 0 aromatic carbocycles. The number of aromatic nitrogens is 1. The number of rotatable bonds is 3. The summed E-state index contributed by atoms with van der Waals surface area (Å²) in [6, 6.07) is 0. The van der Waals surface area contributed by atoms with E-state index in [1.807, 2.05) is 0 Å². The maximum absolute atomic E-state index is 5.53. The van der Waals surface area contributed by atoms with Crippen molar-refractivity contribution in [3.63, 3.8) is 0 Å². The number of nitrogens with two attached hydrogens (primary N) is 1. The van der Waals surface area contributed by atoms with Gasteiger partial charge in [-0.3, -0.25) is 0 Å². The van der Waals surface area contributed by atoms with Crippen LogP contribution in [0.25, 0.3) is 0 Å². The van der Waals surface area contributed by atoms with Gasteiger partial charge in [0.25, 0.3) is 0 Å². The lowest BCUT2D eigenvalue weighted by molar-refractivity contribution is 0.591. The second kappa shape index (κ2) is 4.35. The number of nitrogens with zero attached hydrogens (tertiary/aromatic N) is 1. The maximum Gasteiger partial charge on any atom is 0.120 e. The highest BCUT2D eigenvalue weighted by Crippen LogP contribution is 2.23. The van der Waals surface area contributed by atoms with Crippen molar-refractivity contribution >= 4 is 27.3 Å². The van der Waals surface area contributed by atoms with E-state index in [9.17, 15) is 0 Å². The highest BCUT2D eigenvalue weighted by atomic mass is 79.9. The van der Waals surface area contributed by atoms with Gasteiger partial charge in [-0.05, 0) is 35.3 Å². The van der Waals surface area contributed by atoms with Crippen LogP contribution < -0.4 is 5.73 Å². The zero-order valence-electron chi connectivity index (χ0n) is 7.30. The molecule has 0 amide bonds. The first kappa shape index (κ1) is 10.2. The Morgan fingerprint density at radius 3 is 2.75 bits per heavy atom. The van der Waals surface area contributed by atoms with Crippen LogP contribution >= 0.6 is 27.3 Å². The van der Waals surface area contributed by atoms with E-state index in [0.717, 1.165) is 17.6 Å². The van der Waals surface area contributed by atoms with Crippen LogP contribution in [-0.2, 0) is 6.42 Å². The molecule has 0 saturated heterocycles. The van der Waals surface area contributed by atoms with Gasteiger partial charge < -0.3 is 5.73 Å². The van der Waals surface area contributed by atoms with Gasteiger partial charge in [-0.15, -0.1) is 11.3 Å². The lowest BCUT2D eigenvalue weighted by Crippen LogP contribution is -2.12. The predicted octanol–water partition coefficient (Wildman–Crippen LogP) is 2.35. The van der Waals surface area contributed by atoms with Gasteiger partial charge in [0.05, 0.1) is 5.01 Å². The third-order valence-electron chi connectivity index (χ3n) is 1.71. The first-order valence-electron chi connectivity index (χ1n) is 3.95. The molecule has 2 nitrogen and oxygen atoms in total. The highest BCUT2D eigenvalue weighted by Gasteiger charge is 2.07. The van der Waals surface area contributed by atoms with E-state index in [-0.39, 0.29) is 0 Å². The van der Waals surface area contributed by atoms with Crippen LogP contribution in [0.3, 0.4) is 0 Å².